The third-order valence-electron chi connectivity index (χ3n) is 2.52. The molecule has 0 saturated heterocycles. The molecular formula is C12H15N3O2S. The van der Waals surface area contributed by atoms with E-state index in [4.69, 9.17) is 0 Å². The summed E-state index contributed by atoms with van der Waals surface area (Å²) in [5.74, 6) is 0.874. The van der Waals surface area contributed by atoms with Crippen LogP contribution < -0.4 is 5.32 Å². The van der Waals surface area contributed by atoms with Crippen LogP contribution in [0.4, 0.5) is 5.69 Å². The summed E-state index contributed by atoms with van der Waals surface area (Å²) in [6.45, 7) is 0.625. The molecule has 0 unspecified atom stereocenters. The molecule has 1 aromatic carbocycles. The number of benzene rings is 1. The van der Waals surface area contributed by atoms with E-state index in [1.165, 1.54) is 6.26 Å². The van der Waals surface area contributed by atoms with Crippen LogP contribution in [0.5, 0.6) is 0 Å². The molecule has 96 valence electrons. The number of hydrogen-bond acceptors (Lipinski definition) is 4. The number of H-pyrrole nitrogens is 1. The van der Waals surface area contributed by atoms with Gasteiger partial charge in [-0.2, -0.15) is 0 Å². The van der Waals surface area contributed by atoms with Crippen LogP contribution in [-0.4, -0.2) is 31.2 Å². The molecule has 0 fully saturated rings. The first kappa shape index (κ1) is 12.6. The second kappa shape index (κ2) is 5.22. The van der Waals surface area contributed by atoms with Crippen LogP contribution in [0, 0.1) is 0 Å². The first-order valence-electron chi connectivity index (χ1n) is 5.58. The number of anilines is 1. The number of nitrogens with one attached hydrogen (secondary N) is 2. The van der Waals surface area contributed by atoms with Crippen molar-refractivity contribution in [2.45, 2.75) is 11.3 Å². The van der Waals surface area contributed by atoms with Crippen LogP contribution in [0.25, 0.3) is 0 Å². The number of rotatable bonds is 5. The minimum Gasteiger partial charge on any atom is -0.384 e. The lowest BCUT2D eigenvalue weighted by Crippen LogP contribution is -2.09. The Bertz CT molecular complexity index is 606. The van der Waals surface area contributed by atoms with Gasteiger partial charge in [-0.1, -0.05) is 12.1 Å². The Hall–Kier alpha value is -1.82. The smallest absolute Gasteiger partial charge is 0.177 e. The lowest BCUT2D eigenvalue weighted by atomic mass is 10.3. The van der Waals surface area contributed by atoms with Crippen molar-refractivity contribution in [2.24, 2.45) is 0 Å². The van der Waals surface area contributed by atoms with E-state index in [1.54, 1.807) is 30.6 Å². The number of aromatic nitrogens is 2. The van der Waals surface area contributed by atoms with Gasteiger partial charge >= 0.3 is 0 Å². The number of hydrogen-bond donors (Lipinski definition) is 2. The maximum Gasteiger partial charge on any atom is 0.177 e. The van der Waals surface area contributed by atoms with Gasteiger partial charge in [0.2, 0.25) is 0 Å². The van der Waals surface area contributed by atoms with Crippen LogP contribution in [-0.2, 0) is 16.3 Å². The van der Waals surface area contributed by atoms with Gasteiger partial charge in [-0.05, 0) is 12.1 Å². The second-order valence-corrected chi connectivity index (χ2v) is 5.97. The van der Waals surface area contributed by atoms with Crippen molar-refractivity contribution in [2.75, 3.05) is 18.1 Å². The Balaban J connectivity index is 2.06. The lowest BCUT2D eigenvalue weighted by molar-refractivity contribution is 0.602. The number of sulfone groups is 1. The molecule has 2 N–H and O–H groups in total. The fourth-order valence-corrected chi connectivity index (χ4v) is 2.55. The summed E-state index contributed by atoms with van der Waals surface area (Å²) < 4.78 is 23.2. The summed E-state index contributed by atoms with van der Waals surface area (Å²) in [5.41, 5.74) is 0.631. The van der Waals surface area contributed by atoms with Crippen molar-refractivity contribution in [3.63, 3.8) is 0 Å². The molecule has 0 aliphatic heterocycles. The molecule has 0 aliphatic rings. The molecular weight excluding hydrogens is 250 g/mol. The molecule has 0 atom stereocenters. The second-order valence-electron chi connectivity index (χ2n) is 3.98. The number of para-hydroxylation sites is 1. The first-order valence-corrected chi connectivity index (χ1v) is 7.48. The predicted octanol–water partition coefficient (Wildman–Crippen LogP) is 1.47. The highest BCUT2D eigenvalue weighted by atomic mass is 32.2. The minimum absolute atomic E-state index is 0.324. The van der Waals surface area contributed by atoms with Gasteiger partial charge in [0.05, 0.1) is 10.6 Å². The highest BCUT2D eigenvalue weighted by Gasteiger charge is 2.11. The van der Waals surface area contributed by atoms with E-state index in [1.807, 2.05) is 6.07 Å². The van der Waals surface area contributed by atoms with Crippen molar-refractivity contribution >= 4 is 15.5 Å². The zero-order valence-corrected chi connectivity index (χ0v) is 10.9. The Labute approximate surface area is 106 Å². The van der Waals surface area contributed by atoms with Gasteiger partial charge in [0.25, 0.3) is 0 Å². The van der Waals surface area contributed by atoms with Gasteiger partial charge in [-0.15, -0.1) is 0 Å². The average molecular weight is 265 g/mol. The quantitative estimate of drug-likeness (QED) is 0.858. The molecule has 0 amide bonds. The van der Waals surface area contributed by atoms with E-state index in [2.05, 4.69) is 15.3 Å². The molecule has 0 spiro atoms. The molecule has 2 rings (SSSR count). The van der Waals surface area contributed by atoms with Crippen LogP contribution in [0.2, 0.25) is 0 Å². The Morgan fingerprint density at radius 2 is 2.11 bits per heavy atom. The topological polar surface area (TPSA) is 74.8 Å². The van der Waals surface area contributed by atoms with Gasteiger partial charge in [-0.25, -0.2) is 13.4 Å². The normalized spacial score (nSPS) is 11.4. The molecule has 1 aromatic heterocycles. The summed E-state index contributed by atoms with van der Waals surface area (Å²) in [7, 11) is -3.20. The zero-order chi connectivity index (χ0) is 13.0. The van der Waals surface area contributed by atoms with Crippen LogP contribution in [0.3, 0.4) is 0 Å². The monoisotopic (exact) mass is 265 g/mol. The SMILES string of the molecule is CS(=O)(=O)c1ccccc1NCCc1ncc[nH]1. The standard InChI is InChI=1S/C12H15N3O2S/c1-18(16,17)11-5-3-2-4-10(11)13-7-6-12-14-8-9-15-12/h2-5,8-9,13H,6-7H2,1H3,(H,14,15). The molecule has 0 aliphatic carbocycles. The molecule has 0 saturated carbocycles. The van der Waals surface area contributed by atoms with Crippen molar-refractivity contribution < 1.29 is 8.42 Å². The van der Waals surface area contributed by atoms with E-state index in [9.17, 15) is 8.42 Å². The van der Waals surface area contributed by atoms with Crippen molar-refractivity contribution in [1.82, 2.24) is 9.97 Å². The summed E-state index contributed by atoms with van der Waals surface area (Å²) in [4.78, 5) is 7.43. The largest absolute Gasteiger partial charge is 0.384 e. The lowest BCUT2D eigenvalue weighted by Gasteiger charge is -2.09. The molecule has 1 heterocycles. The van der Waals surface area contributed by atoms with Crippen LogP contribution in [0.15, 0.2) is 41.6 Å². The van der Waals surface area contributed by atoms with Crippen LogP contribution >= 0.6 is 0 Å². The fourth-order valence-electron chi connectivity index (χ4n) is 1.69. The van der Waals surface area contributed by atoms with Gasteiger partial charge in [0.1, 0.15) is 5.82 Å². The van der Waals surface area contributed by atoms with Crippen LogP contribution in [0.1, 0.15) is 5.82 Å². The molecule has 5 nitrogen and oxygen atoms in total. The van der Waals surface area contributed by atoms with E-state index in [0.717, 1.165) is 5.82 Å². The molecule has 18 heavy (non-hydrogen) atoms. The number of nitrogens with zero attached hydrogens (tertiary/aromatic N) is 1. The zero-order valence-electron chi connectivity index (χ0n) is 10.1. The Morgan fingerprint density at radius 3 is 2.78 bits per heavy atom. The van der Waals surface area contributed by atoms with Crippen molar-refractivity contribution in [3.05, 3.63) is 42.5 Å². The fraction of sp³-hybridized carbons (Fsp3) is 0.250. The van der Waals surface area contributed by atoms with E-state index in [-0.39, 0.29) is 0 Å². The average Bonchev–Trinajstić information content (AvgIpc) is 2.81. The minimum atomic E-state index is -3.20. The maximum atomic E-state index is 11.6. The van der Waals surface area contributed by atoms with Gasteiger partial charge < -0.3 is 10.3 Å². The highest BCUT2D eigenvalue weighted by Crippen LogP contribution is 2.20. The van der Waals surface area contributed by atoms with E-state index < -0.39 is 9.84 Å². The summed E-state index contributed by atoms with van der Waals surface area (Å²) in [6.07, 6.45) is 5.38. The van der Waals surface area contributed by atoms with Gasteiger partial charge in [0.15, 0.2) is 9.84 Å². The Kier molecular flexibility index (Phi) is 3.66. The van der Waals surface area contributed by atoms with Gasteiger partial charge in [0, 0.05) is 31.6 Å². The van der Waals surface area contributed by atoms with E-state index >= 15 is 0 Å². The van der Waals surface area contributed by atoms with Gasteiger partial charge in [-0.3, -0.25) is 0 Å². The third-order valence-corrected chi connectivity index (χ3v) is 3.67. The summed E-state index contributed by atoms with van der Waals surface area (Å²) in [5, 5.41) is 3.12. The maximum absolute atomic E-state index is 11.6. The summed E-state index contributed by atoms with van der Waals surface area (Å²) in [6, 6.07) is 6.89. The molecule has 0 bridgehead atoms. The Morgan fingerprint density at radius 1 is 1.33 bits per heavy atom. The third kappa shape index (κ3) is 3.10. The highest BCUT2D eigenvalue weighted by molar-refractivity contribution is 7.90. The number of aromatic amines is 1. The predicted molar refractivity (Wildman–Crippen MR) is 70.3 cm³/mol. The molecule has 0 radical (unpaired) electrons. The summed E-state index contributed by atoms with van der Waals surface area (Å²) >= 11 is 0. The van der Waals surface area contributed by atoms with Crippen molar-refractivity contribution in [3.8, 4) is 0 Å². The molecule has 2 aromatic rings. The number of imidazole rings is 1. The first-order chi connectivity index (χ1) is 8.57. The molecule has 6 heteroatoms. The van der Waals surface area contributed by atoms with E-state index in [0.29, 0.717) is 23.5 Å². The van der Waals surface area contributed by atoms with Crippen molar-refractivity contribution in [1.29, 1.82) is 0 Å².